The fraction of sp³-hybridized carbons (Fsp3) is 0.458. The Morgan fingerprint density at radius 3 is 2.12 bits per heavy atom. The molecule has 9 heteroatoms. The van der Waals surface area contributed by atoms with E-state index in [4.69, 9.17) is 0 Å². The van der Waals surface area contributed by atoms with Gasteiger partial charge in [-0.1, -0.05) is 29.8 Å². The first-order chi connectivity index (χ1) is 15.6. The molecule has 180 valence electrons. The molecule has 3 rings (SSSR count). The molecule has 0 unspecified atom stereocenters. The van der Waals surface area contributed by atoms with E-state index in [1.54, 1.807) is 41.3 Å². The third-order valence-electron chi connectivity index (χ3n) is 5.81. The molecule has 2 aromatic rings. The first-order valence-corrected chi connectivity index (χ1v) is 12.6. The molecule has 1 heterocycles. The maximum Gasteiger partial charge on any atom is 0.243 e. The quantitative estimate of drug-likeness (QED) is 0.554. The van der Waals surface area contributed by atoms with E-state index in [2.05, 4.69) is 0 Å². The molecule has 1 amide bonds. The molecule has 33 heavy (non-hydrogen) atoms. The van der Waals surface area contributed by atoms with E-state index in [0.717, 1.165) is 17.7 Å². The topological polar surface area (TPSA) is 64.2 Å². The Morgan fingerprint density at radius 2 is 1.55 bits per heavy atom. The van der Waals surface area contributed by atoms with Gasteiger partial charge in [0, 0.05) is 45.8 Å². The number of halogens is 1. The van der Waals surface area contributed by atoms with Crippen molar-refractivity contribution in [3.63, 3.8) is 0 Å². The van der Waals surface area contributed by atoms with Crippen LogP contribution in [0.4, 0.5) is 4.39 Å². The van der Waals surface area contributed by atoms with Crippen molar-refractivity contribution < 1.29 is 17.6 Å². The summed E-state index contributed by atoms with van der Waals surface area (Å²) >= 11 is 0. The van der Waals surface area contributed by atoms with Crippen LogP contribution in [0, 0.1) is 12.7 Å². The number of aryl methyl sites for hydroxylation is 1. The fourth-order valence-corrected chi connectivity index (χ4v) is 5.12. The van der Waals surface area contributed by atoms with Crippen molar-refractivity contribution in [1.29, 1.82) is 0 Å². The zero-order valence-corrected chi connectivity index (χ0v) is 20.4. The molecule has 2 aromatic carbocycles. The molecule has 0 radical (unpaired) electrons. The molecular weight excluding hydrogens is 443 g/mol. The van der Waals surface area contributed by atoms with Gasteiger partial charge in [0.15, 0.2) is 0 Å². The van der Waals surface area contributed by atoms with Crippen LogP contribution in [0.5, 0.6) is 0 Å². The van der Waals surface area contributed by atoms with Crippen molar-refractivity contribution in [2.75, 3.05) is 59.9 Å². The number of carbonyl (C=O) groups excluding carboxylic acids is 1. The zero-order chi connectivity index (χ0) is 24.0. The highest BCUT2D eigenvalue weighted by molar-refractivity contribution is 7.89. The third kappa shape index (κ3) is 7.07. The molecule has 0 N–H and O–H groups in total. The Labute approximate surface area is 196 Å². The van der Waals surface area contributed by atoms with E-state index < -0.39 is 10.0 Å². The molecule has 0 aliphatic carbocycles. The molecule has 0 aromatic heterocycles. The van der Waals surface area contributed by atoms with Gasteiger partial charge in [0.05, 0.1) is 11.4 Å². The minimum absolute atomic E-state index is 0.0176. The second kappa shape index (κ2) is 11.2. The number of piperazine rings is 1. The second-order valence-electron chi connectivity index (χ2n) is 8.74. The summed E-state index contributed by atoms with van der Waals surface area (Å²) in [6, 6.07) is 13.1. The van der Waals surface area contributed by atoms with Crippen LogP contribution in [0.15, 0.2) is 53.4 Å². The molecule has 0 spiro atoms. The van der Waals surface area contributed by atoms with E-state index in [-0.39, 0.29) is 18.3 Å². The summed E-state index contributed by atoms with van der Waals surface area (Å²) in [7, 11) is 0.371. The SMILES string of the molecule is Cc1ccc(S(=O)(=O)N2CCN(CC(=O)N(CCN(C)C)Cc3ccc(F)cc3)CC2)cc1. The van der Waals surface area contributed by atoms with Crippen molar-refractivity contribution in [2.24, 2.45) is 0 Å². The van der Waals surface area contributed by atoms with Gasteiger partial charge in [-0.25, -0.2) is 12.8 Å². The minimum Gasteiger partial charge on any atom is -0.336 e. The standard InChI is InChI=1S/C24H33FN4O3S/c1-20-4-10-23(11-5-20)33(31,32)29-16-13-27(14-17-29)19-24(30)28(15-12-26(2)3)18-21-6-8-22(25)9-7-21/h4-11H,12-19H2,1-3H3. The van der Waals surface area contributed by atoms with Gasteiger partial charge in [0.2, 0.25) is 15.9 Å². The number of hydrogen-bond donors (Lipinski definition) is 0. The summed E-state index contributed by atoms with van der Waals surface area (Å²) < 4.78 is 40.6. The van der Waals surface area contributed by atoms with E-state index in [1.165, 1.54) is 16.4 Å². The number of hydrogen-bond acceptors (Lipinski definition) is 5. The summed E-state index contributed by atoms with van der Waals surface area (Å²) in [6.07, 6.45) is 0. The predicted octanol–water partition coefficient (Wildman–Crippen LogP) is 2.03. The lowest BCUT2D eigenvalue weighted by atomic mass is 10.2. The average molecular weight is 477 g/mol. The van der Waals surface area contributed by atoms with Crippen LogP contribution in [-0.2, 0) is 21.4 Å². The normalized spacial score (nSPS) is 15.7. The number of rotatable bonds is 9. The van der Waals surface area contributed by atoms with Gasteiger partial charge in [-0.15, -0.1) is 0 Å². The Morgan fingerprint density at radius 1 is 0.939 bits per heavy atom. The molecule has 0 bridgehead atoms. The first-order valence-electron chi connectivity index (χ1n) is 11.1. The van der Waals surface area contributed by atoms with E-state index in [9.17, 15) is 17.6 Å². The highest BCUT2D eigenvalue weighted by atomic mass is 32.2. The number of benzene rings is 2. The molecule has 0 atom stereocenters. The van der Waals surface area contributed by atoms with Crippen molar-refractivity contribution in [2.45, 2.75) is 18.4 Å². The van der Waals surface area contributed by atoms with Gasteiger partial charge in [-0.3, -0.25) is 9.69 Å². The average Bonchev–Trinajstić information content (AvgIpc) is 2.78. The maximum atomic E-state index is 13.2. The highest BCUT2D eigenvalue weighted by Crippen LogP contribution is 2.18. The monoisotopic (exact) mass is 476 g/mol. The van der Waals surface area contributed by atoms with Crippen molar-refractivity contribution in [3.05, 3.63) is 65.5 Å². The largest absolute Gasteiger partial charge is 0.336 e. The van der Waals surface area contributed by atoms with E-state index in [1.807, 2.05) is 30.8 Å². The molecule has 1 fully saturated rings. The van der Waals surface area contributed by atoms with Crippen LogP contribution in [0.2, 0.25) is 0 Å². The number of amides is 1. The zero-order valence-electron chi connectivity index (χ0n) is 19.6. The number of nitrogens with zero attached hydrogens (tertiary/aromatic N) is 4. The van der Waals surface area contributed by atoms with Gasteiger partial charge < -0.3 is 9.80 Å². The van der Waals surface area contributed by atoms with Crippen molar-refractivity contribution >= 4 is 15.9 Å². The molecule has 1 saturated heterocycles. The van der Waals surface area contributed by atoms with E-state index >= 15 is 0 Å². The number of likely N-dealkylation sites (N-methyl/N-ethyl adjacent to an activating group) is 1. The number of carbonyl (C=O) groups is 1. The molecule has 0 saturated carbocycles. The third-order valence-corrected chi connectivity index (χ3v) is 7.72. The van der Waals surface area contributed by atoms with Gasteiger partial charge in [0.25, 0.3) is 0 Å². The number of sulfonamides is 1. The van der Waals surface area contributed by atoms with Crippen LogP contribution in [-0.4, -0.2) is 93.2 Å². The Kier molecular flexibility index (Phi) is 8.58. The highest BCUT2D eigenvalue weighted by Gasteiger charge is 2.29. The van der Waals surface area contributed by atoms with Crippen molar-refractivity contribution in [1.82, 2.24) is 19.0 Å². The smallest absolute Gasteiger partial charge is 0.243 e. The van der Waals surface area contributed by atoms with Crippen LogP contribution in [0.3, 0.4) is 0 Å². The maximum absolute atomic E-state index is 13.2. The summed E-state index contributed by atoms with van der Waals surface area (Å²) in [5.41, 5.74) is 1.88. The summed E-state index contributed by atoms with van der Waals surface area (Å²) in [5.74, 6) is -0.320. The van der Waals surface area contributed by atoms with Gasteiger partial charge in [-0.05, 0) is 50.8 Å². The lowest BCUT2D eigenvalue weighted by Crippen LogP contribution is -2.51. The summed E-state index contributed by atoms with van der Waals surface area (Å²) in [6.45, 7) is 5.52. The molecule has 7 nitrogen and oxygen atoms in total. The molecular formula is C24H33FN4O3S. The van der Waals surface area contributed by atoms with Crippen LogP contribution in [0.1, 0.15) is 11.1 Å². The molecule has 1 aliphatic heterocycles. The van der Waals surface area contributed by atoms with E-state index in [0.29, 0.717) is 44.2 Å². The van der Waals surface area contributed by atoms with Gasteiger partial charge in [-0.2, -0.15) is 4.31 Å². The lowest BCUT2D eigenvalue weighted by molar-refractivity contribution is -0.133. The first kappa shape index (κ1) is 25.3. The summed E-state index contributed by atoms with van der Waals surface area (Å²) in [4.78, 5) is 19.2. The minimum atomic E-state index is -3.53. The Balaban J connectivity index is 1.59. The Bertz CT molecular complexity index is 1020. The Hall–Kier alpha value is -2.33. The van der Waals surface area contributed by atoms with Gasteiger partial charge in [0.1, 0.15) is 5.82 Å². The van der Waals surface area contributed by atoms with Crippen LogP contribution in [0.25, 0.3) is 0 Å². The molecule has 1 aliphatic rings. The lowest BCUT2D eigenvalue weighted by Gasteiger charge is -2.35. The van der Waals surface area contributed by atoms with Crippen LogP contribution < -0.4 is 0 Å². The second-order valence-corrected chi connectivity index (χ2v) is 10.7. The van der Waals surface area contributed by atoms with Gasteiger partial charge >= 0.3 is 0 Å². The van der Waals surface area contributed by atoms with Crippen LogP contribution >= 0.6 is 0 Å². The predicted molar refractivity (Wildman–Crippen MR) is 127 cm³/mol. The fourth-order valence-electron chi connectivity index (χ4n) is 3.70. The van der Waals surface area contributed by atoms with Crippen molar-refractivity contribution in [3.8, 4) is 0 Å². The summed E-state index contributed by atoms with van der Waals surface area (Å²) in [5, 5.41) is 0.